The molecule has 3 N–H and O–H groups in total. The number of thiazole rings is 1. The molecule has 0 saturated heterocycles. The molecule has 2 atom stereocenters. The Morgan fingerprint density at radius 3 is 2.74 bits per heavy atom. The van der Waals surface area contributed by atoms with Crippen molar-refractivity contribution < 1.29 is 9.90 Å². The number of aromatic nitrogens is 1. The summed E-state index contributed by atoms with van der Waals surface area (Å²) in [5.41, 5.74) is 1.98. The number of nitrogens with one attached hydrogen (secondary N) is 2. The van der Waals surface area contributed by atoms with Crippen LogP contribution in [-0.2, 0) is 6.54 Å². The maximum absolute atomic E-state index is 11.8. The molecule has 2 unspecified atom stereocenters. The Bertz CT molecular complexity index is 615. The summed E-state index contributed by atoms with van der Waals surface area (Å²) in [6.07, 6.45) is 0.363. The highest BCUT2D eigenvalue weighted by molar-refractivity contribution is 7.09. The lowest BCUT2D eigenvalue weighted by Gasteiger charge is -2.17. The van der Waals surface area contributed by atoms with Crippen LogP contribution in [0.3, 0.4) is 0 Å². The van der Waals surface area contributed by atoms with Crippen LogP contribution < -0.4 is 10.6 Å². The lowest BCUT2D eigenvalue weighted by atomic mass is 10.0. The van der Waals surface area contributed by atoms with E-state index in [-0.39, 0.29) is 18.5 Å². The number of nitrogens with zero attached hydrogens (tertiary/aromatic N) is 1. The van der Waals surface area contributed by atoms with Crippen LogP contribution in [0.5, 0.6) is 0 Å². The molecule has 2 amide bonds. The first kappa shape index (κ1) is 17.4. The number of amides is 2. The molecule has 1 heterocycles. The van der Waals surface area contributed by atoms with Gasteiger partial charge in [-0.05, 0) is 5.92 Å². The van der Waals surface area contributed by atoms with Crippen LogP contribution in [0.25, 0.3) is 11.3 Å². The normalized spacial score (nSPS) is 13.3. The van der Waals surface area contributed by atoms with Gasteiger partial charge in [-0.15, -0.1) is 11.3 Å². The summed E-state index contributed by atoms with van der Waals surface area (Å²) in [6.45, 7) is 4.61. The Morgan fingerprint density at radius 1 is 1.30 bits per heavy atom. The number of aliphatic hydroxyl groups is 1. The van der Waals surface area contributed by atoms with E-state index in [2.05, 4.69) is 15.6 Å². The number of rotatable bonds is 7. The molecule has 1 aromatic heterocycles. The maximum atomic E-state index is 11.8. The lowest BCUT2D eigenvalue weighted by molar-refractivity contribution is 0.114. The zero-order chi connectivity index (χ0) is 16.7. The summed E-state index contributed by atoms with van der Waals surface area (Å²) < 4.78 is 0. The second kappa shape index (κ2) is 8.64. The molecule has 1 aromatic carbocycles. The van der Waals surface area contributed by atoms with Gasteiger partial charge in [0.05, 0.1) is 18.3 Å². The van der Waals surface area contributed by atoms with Gasteiger partial charge >= 0.3 is 6.03 Å². The zero-order valence-electron chi connectivity index (χ0n) is 13.5. The standard InChI is InChI=1S/C17H23N3O2S/c1-3-12(2)15(21)9-18-17(22)19-10-16-20-14(11-23-16)13-7-5-4-6-8-13/h4-8,11-12,15,21H,3,9-10H2,1-2H3,(H2,18,19,22). The minimum atomic E-state index is -0.518. The number of benzene rings is 1. The second-order valence-corrected chi connectivity index (χ2v) is 6.45. The molecule has 23 heavy (non-hydrogen) atoms. The lowest BCUT2D eigenvalue weighted by Crippen LogP contribution is -2.41. The predicted molar refractivity (Wildman–Crippen MR) is 93.3 cm³/mol. The molecule has 2 aromatic rings. The van der Waals surface area contributed by atoms with Gasteiger partial charge < -0.3 is 15.7 Å². The van der Waals surface area contributed by atoms with E-state index in [4.69, 9.17) is 0 Å². The van der Waals surface area contributed by atoms with Crippen LogP contribution in [-0.4, -0.2) is 28.8 Å². The van der Waals surface area contributed by atoms with Gasteiger partial charge in [0.15, 0.2) is 0 Å². The van der Waals surface area contributed by atoms with Crippen LogP contribution in [0.15, 0.2) is 35.7 Å². The fourth-order valence-corrected chi connectivity index (χ4v) is 2.77. The van der Waals surface area contributed by atoms with Gasteiger partial charge in [-0.2, -0.15) is 0 Å². The highest BCUT2D eigenvalue weighted by atomic mass is 32.1. The highest BCUT2D eigenvalue weighted by Crippen LogP contribution is 2.21. The van der Waals surface area contributed by atoms with Gasteiger partial charge in [0.25, 0.3) is 0 Å². The Labute approximate surface area is 140 Å². The predicted octanol–water partition coefficient (Wildman–Crippen LogP) is 3.02. The van der Waals surface area contributed by atoms with E-state index in [0.29, 0.717) is 6.54 Å². The van der Waals surface area contributed by atoms with Crippen molar-refractivity contribution in [2.75, 3.05) is 6.54 Å². The summed E-state index contributed by atoms with van der Waals surface area (Å²) in [5.74, 6) is 0.169. The SMILES string of the molecule is CCC(C)C(O)CNC(=O)NCc1nc(-c2ccccc2)cs1. The Balaban J connectivity index is 1.78. The molecule has 0 radical (unpaired) electrons. The van der Waals surface area contributed by atoms with Crippen LogP contribution in [0.1, 0.15) is 25.3 Å². The van der Waals surface area contributed by atoms with Gasteiger partial charge in [-0.25, -0.2) is 9.78 Å². The molecule has 124 valence electrons. The third-order valence-electron chi connectivity index (χ3n) is 3.79. The fraction of sp³-hybridized carbons (Fsp3) is 0.412. The largest absolute Gasteiger partial charge is 0.391 e. The molecule has 0 aliphatic rings. The zero-order valence-corrected chi connectivity index (χ0v) is 14.3. The van der Waals surface area contributed by atoms with Gasteiger partial charge in [-0.3, -0.25) is 0 Å². The third-order valence-corrected chi connectivity index (χ3v) is 4.64. The van der Waals surface area contributed by atoms with Crippen molar-refractivity contribution in [3.05, 3.63) is 40.7 Å². The van der Waals surface area contributed by atoms with E-state index in [9.17, 15) is 9.90 Å². The van der Waals surface area contributed by atoms with Crippen molar-refractivity contribution in [2.45, 2.75) is 32.9 Å². The quantitative estimate of drug-likeness (QED) is 0.729. The smallest absolute Gasteiger partial charge is 0.315 e. The van der Waals surface area contributed by atoms with Crippen molar-refractivity contribution in [1.29, 1.82) is 0 Å². The molecule has 0 aliphatic heterocycles. The average Bonchev–Trinajstić information content (AvgIpc) is 3.06. The summed E-state index contributed by atoms with van der Waals surface area (Å²) in [7, 11) is 0. The fourth-order valence-electron chi connectivity index (χ4n) is 2.02. The molecule has 0 bridgehead atoms. The minimum absolute atomic E-state index is 0.169. The second-order valence-electron chi connectivity index (χ2n) is 5.51. The van der Waals surface area contributed by atoms with Crippen molar-refractivity contribution in [1.82, 2.24) is 15.6 Å². The van der Waals surface area contributed by atoms with Gasteiger partial charge in [0, 0.05) is 17.5 Å². The summed E-state index contributed by atoms with van der Waals surface area (Å²) in [5, 5.41) is 18.1. The molecule has 0 fully saturated rings. The Hall–Kier alpha value is -1.92. The van der Waals surface area contributed by atoms with Crippen molar-refractivity contribution in [3.8, 4) is 11.3 Å². The van der Waals surface area contributed by atoms with Crippen LogP contribution in [0.2, 0.25) is 0 Å². The van der Waals surface area contributed by atoms with Crippen molar-refractivity contribution in [2.24, 2.45) is 5.92 Å². The first-order valence-electron chi connectivity index (χ1n) is 7.79. The minimum Gasteiger partial charge on any atom is -0.391 e. The van der Waals surface area contributed by atoms with Crippen LogP contribution in [0.4, 0.5) is 4.79 Å². The number of carbonyl (C=O) groups is 1. The van der Waals surface area contributed by atoms with Crippen LogP contribution >= 0.6 is 11.3 Å². The van der Waals surface area contributed by atoms with E-state index in [1.54, 1.807) is 0 Å². The summed E-state index contributed by atoms with van der Waals surface area (Å²) in [6, 6.07) is 9.65. The summed E-state index contributed by atoms with van der Waals surface area (Å²) in [4.78, 5) is 16.3. The first-order valence-corrected chi connectivity index (χ1v) is 8.67. The Morgan fingerprint density at radius 2 is 2.04 bits per heavy atom. The first-order chi connectivity index (χ1) is 11.1. The van der Waals surface area contributed by atoms with Gasteiger partial charge in [0.2, 0.25) is 0 Å². The number of aliphatic hydroxyl groups excluding tert-OH is 1. The monoisotopic (exact) mass is 333 g/mol. The van der Waals surface area contributed by atoms with Crippen molar-refractivity contribution in [3.63, 3.8) is 0 Å². The van der Waals surface area contributed by atoms with Crippen molar-refractivity contribution >= 4 is 17.4 Å². The van der Waals surface area contributed by atoms with E-state index in [1.165, 1.54) is 11.3 Å². The molecule has 0 spiro atoms. The molecule has 2 rings (SSSR count). The topological polar surface area (TPSA) is 74.2 Å². The molecule has 0 saturated carbocycles. The van der Waals surface area contributed by atoms with E-state index >= 15 is 0 Å². The number of urea groups is 1. The number of carbonyl (C=O) groups excluding carboxylic acids is 1. The van der Waals surface area contributed by atoms with Gasteiger partial charge in [-0.1, -0.05) is 50.6 Å². The molecule has 6 heteroatoms. The summed E-state index contributed by atoms with van der Waals surface area (Å²) >= 11 is 1.52. The van der Waals surface area contributed by atoms with E-state index < -0.39 is 6.10 Å². The van der Waals surface area contributed by atoms with E-state index in [1.807, 2.05) is 49.6 Å². The third kappa shape index (κ3) is 5.33. The molecular weight excluding hydrogens is 310 g/mol. The highest BCUT2D eigenvalue weighted by Gasteiger charge is 2.13. The number of hydrogen-bond donors (Lipinski definition) is 3. The Kier molecular flexibility index (Phi) is 6.55. The van der Waals surface area contributed by atoms with Gasteiger partial charge in [0.1, 0.15) is 5.01 Å². The van der Waals surface area contributed by atoms with E-state index in [0.717, 1.165) is 22.7 Å². The van der Waals surface area contributed by atoms with Crippen LogP contribution in [0, 0.1) is 5.92 Å². The molecule has 5 nitrogen and oxygen atoms in total. The number of hydrogen-bond acceptors (Lipinski definition) is 4. The average molecular weight is 333 g/mol. The molecule has 0 aliphatic carbocycles. The maximum Gasteiger partial charge on any atom is 0.315 e. The molecular formula is C17H23N3O2S.